The first-order valence-corrected chi connectivity index (χ1v) is 12.5. The number of rotatable bonds is 6. The molecule has 1 N–H and O–H groups in total. The van der Waals surface area contributed by atoms with Crippen LogP contribution in [-0.2, 0) is 14.3 Å². The van der Waals surface area contributed by atoms with Crippen molar-refractivity contribution in [3.63, 3.8) is 0 Å². The van der Waals surface area contributed by atoms with Gasteiger partial charge in [0.25, 0.3) is 0 Å². The van der Waals surface area contributed by atoms with Gasteiger partial charge < -0.3 is 24.4 Å². The zero-order valence-corrected chi connectivity index (χ0v) is 23.0. The van der Waals surface area contributed by atoms with Gasteiger partial charge in [0.2, 0.25) is 0 Å². The summed E-state index contributed by atoms with van der Waals surface area (Å²) in [5.74, 6) is 0.0287. The van der Waals surface area contributed by atoms with E-state index in [9.17, 15) is 9.59 Å². The van der Waals surface area contributed by atoms with E-state index in [1.165, 1.54) is 7.11 Å². The molecule has 2 atom stereocenters. The zero-order chi connectivity index (χ0) is 26.1. The second-order valence-corrected chi connectivity index (χ2v) is 10.1. The van der Waals surface area contributed by atoms with Gasteiger partial charge in [0.05, 0.1) is 26.9 Å². The molecule has 2 aromatic carbocycles. The molecule has 0 amide bonds. The Hall–Kier alpha value is -3.26. The number of hydrogen-bond acceptors (Lipinski definition) is 7. The topological polar surface area (TPSA) is 77.1 Å². The van der Waals surface area contributed by atoms with Gasteiger partial charge in [-0.25, -0.2) is 4.79 Å². The lowest BCUT2D eigenvalue weighted by Gasteiger charge is -2.37. The van der Waals surface area contributed by atoms with Crippen molar-refractivity contribution in [2.75, 3.05) is 40.3 Å². The Morgan fingerprint density at radius 3 is 2.25 bits per heavy atom. The van der Waals surface area contributed by atoms with Gasteiger partial charge in [0.1, 0.15) is 0 Å². The second-order valence-electron chi connectivity index (χ2n) is 9.22. The molecule has 0 unspecified atom stereocenters. The molecule has 1 aliphatic heterocycles. The number of esters is 1. The highest BCUT2D eigenvalue weighted by Gasteiger charge is 2.42. The van der Waals surface area contributed by atoms with Crippen LogP contribution in [0, 0.1) is 0 Å². The Labute approximate surface area is 220 Å². The zero-order valence-electron chi connectivity index (χ0n) is 21.4. The Kier molecular flexibility index (Phi) is 7.45. The van der Waals surface area contributed by atoms with Gasteiger partial charge in [-0.1, -0.05) is 28.1 Å². The molecule has 2 aromatic rings. The molecule has 0 aromatic heterocycles. The Balaban J connectivity index is 1.82. The van der Waals surface area contributed by atoms with Crippen molar-refractivity contribution < 1.29 is 23.8 Å². The SMILES string of the molecule is COC(=O)C1=C(C)NC2=C(C(=O)C[C@@H](c3ccc(N(C)C)cc3)C2)[C@H]1c1cc(OC)c(OC)cc1Br. The first-order valence-electron chi connectivity index (χ1n) is 11.7. The number of dihydropyridines is 1. The summed E-state index contributed by atoms with van der Waals surface area (Å²) in [7, 11) is 8.48. The highest BCUT2D eigenvalue weighted by Crippen LogP contribution is 2.49. The molecular weight excluding hydrogens is 524 g/mol. The number of nitrogens with one attached hydrogen (secondary N) is 1. The molecule has 36 heavy (non-hydrogen) atoms. The molecule has 0 bridgehead atoms. The monoisotopic (exact) mass is 554 g/mol. The van der Waals surface area contributed by atoms with Crippen molar-refractivity contribution in [1.29, 1.82) is 0 Å². The minimum atomic E-state index is -0.604. The molecule has 7 nitrogen and oxygen atoms in total. The van der Waals surface area contributed by atoms with Crippen molar-refractivity contribution in [3.05, 3.63) is 74.5 Å². The van der Waals surface area contributed by atoms with Gasteiger partial charge >= 0.3 is 5.97 Å². The maximum absolute atomic E-state index is 13.8. The van der Waals surface area contributed by atoms with E-state index in [1.807, 2.05) is 32.0 Å². The fourth-order valence-corrected chi connectivity index (χ4v) is 5.65. The van der Waals surface area contributed by atoms with Crippen LogP contribution in [0.25, 0.3) is 0 Å². The summed E-state index contributed by atoms with van der Waals surface area (Å²) in [5, 5.41) is 3.37. The van der Waals surface area contributed by atoms with Crippen LogP contribution >= 0.6 is 15.9 Å². The van der Waals surface area contributed by atoms with Crippen molar-refractivity contribution >= 4 is 33.4 Å². The number of allylic oxidation sites excluding steroid dienone is 3. The van der Waals surface area contributed by atoms with E-state index in [2.05, 4.69) is 45.5 Å². The third-order valence-corrected chi connectivity index (χ3v) is 7.61. The number of ketones is 1. The summed E-state index contributed by atoms with van der Waals surface area (Å²) in [6.07, 6.45) is 1.02. The first kappa shape index (κ1) is 25.8. The molecule has 1 heterocycles. The smallest absolute Gasteiger partial charge is 0.336 e. The fraction of sp³-hybridized carbons (Fsp3) is 0.357. The number of nitrogens with zero attached hydrogens (tertiary/aromatic N) is 1. The molecule has 0 fully saturated rings. The van der Waals surface area contributed by atoms with Crippen LogP contribution in [-0.4, -0.2) is 47.2 Å². The van der Waals surface area contributed by atoms with E-state index in [0.717, 1.165) is 22.5 Å². The van der Waals surface area contributed by atoms with Gasteiger partial charge in [-0.15, -0.1) is 0 Å². The highest BCUT2D eigenvalue weighted by atomic mass is 79.9. The summed E-state index contributed by atoms with van der Waals surface area (Å²) in [6, 6.07) is 11.9. The van der Waals surface area contributed by atoms with Crippen molar-refractivity contribution in [1.82, 2.24) is 5.32 Å². The van der Waals surface area contributed by atoms with Crippen LogP contribution in [0.4, 0.5) is 5.69 Å². The van der Waals surface area contributed by atoms with Crippen LogP contribution in [0.3, 0.4) is 0 Å². The quantitative estimate of drug-likeness (QED) is 0.499. The number of carbonyl (C=O) groups is 2. The van der Waals surface area contributed by atoms with Gasteiger partial charge in [0.15, 0.2) is 17.3 Å². The largest absolute Gasteiger partial charge is 0.493 e. The van der Waals surface area contributed by atoms with Crippen LogP contribution in [0.1, 0.15) is 42.7 Å². The molecule has 1 aliphatic carbocycles. The lowest BCUT2D eigenvalue weighted by molar-refractivity contribution is -0.136. The standard InChI is InChI=1S/C28H31BrN2O5/c1-15-25(28(33)36-6)26(19-13-23(34-4)24(35-5)14-20(19)29)27-21(30-15)11-17(12-22(27)32)16-7-9-18(10-8-16)31(2)3/h7-10,13-14,17,26,30H,11-12H2,1-6H3/t17-,26-/m0/s1. The predicted molar refractivity (Wildman–Crippen MR) is 143 cm³/mol. The average molecular weight is 555 g/mol. The Morgan fingerprint density at radius 1 is 1.03 bits per heavy atom. The number of halogens is 1. The Bertz CT molecular complexity index is 1260. The molecular formula is C28H31BrN2O5. The third kappa shape index (κ3) is 4.62. The molecule has 0 radical (unpaired) electrons. The predicted octanol–water partition coefficient (Wildman–Crippen LogP) is 5.07. The summed E-state index contributed by atoms with van der Waals surface area (Å²) >= 11 is 3.64. The lowest BCUT2D eigenvalue weighted by Crippen LogP contribution is -2.36. The molecule has 190 valence electrons. The molecule has 0 spiro atoms. The highest BCUT2D eigenvalue weighted by molar-refractivity contribution is 9.10. The van der Waals surface area contributed by atoms with Gasteiger partial charge in [0, 0.05) is 53.6 Å². The van der Waals surface area contributed by atoms with E-state index in [4.69, 9.17) is 14.2 Å². The minimum Gasteiger partial charge on any atom is -0.493 e. The fourth-order valence-electron chi connectivity index (χ4n) is 5.10. The number of ether oxygens (including phenoxy) is 3. The van der Waals surface area contributed by atoms with Gasteiger partial charge in [-0.05, 0) is 54.7 Å². The van der Waals surface area contributed by atoms with E-state index in [-0.39, 0.29) is 11.7 Å². The van der Waals surface area contributed by atoms with Crippen LogP contribution in [0.15, 0.2) is 63.4 Å². The molecule has 0 saturated carbocycles. The molecule has 2 aliphatic rings. The van der Waals surface area contributed by atoms with Crippen molar-refractivity contribution in [3.8, 4) is 11.5 Å². The van der Waals surface area contributed by atoms with Crippen molar-refractivity contribution in [2.45, 2.75) is 31.6 Å². The Morgan fingerprint density at radius 2 is 1.67 bits per heavy atom. The van der Waals surface area contributed by atoms with Gasteiger partial charge in [-0.3, -0.25) is 4.79 Å². The maximum Gasteiger partial charge on any atom is 0.336 e. The van der Waals surface area contributed by atoms with Crippen molar-refractivity contribution in [2.24, 2.45) is 0 Å². The average Bonchev–Trinajstić information content (AvgIpc) is 2.87. The molecule has 4 rings (SSSR count). The van der Waals surface area contributed by atoms with E-state index in [0.29, 0.717) is 45.7 Å². The summed E-state index contributed by atoms with van der Waals surface area (Å²) < 4.78 is 16.8. The number of carbonyl (C=O) groups excluding carboxylic acids is 2. The first-order chi connectivity index (χ1) is 17.2. The number of Topliss-reactive ketones (excluding diaryl/α,β-unsaturated/α-hetero) is 1. The maximum atomic E-state index is 13.8. The molecule has 8 heteroatoms. The van der Waals surface area contributed by atoms with Gasteiger partial charge in [-0.2, -0.15) is 0 Å². The van der Waals surface area contributed by atoms with E-state index >= 15 is 0 Å². The summed E-state index contributed by atoms with van der Waals surface area (Å²) in [5.41, 5.74) is 5.47. The number of anilines is 1. The van der Waals surface area contributed by atoms with Crippen LogP contribution in [0.2, 0.25) is 0 Å². The van der Waals surface area contributed by atoms with E-state index < -0.39 is 11.9 Å². The third-order valence-electron chi connectivity index (χ3n) is 6.93. The second kappa shape index (κ2) is 10.4. The van der Waals surface area contributed by atoms with E-state index in [1.54, 1.807) is 20.3 Å². The van der Waals surface area contributed by atoms with Crippen LogP contribution in [0.5, 0.6) is 11.5 Å². The normalized spacial score (nSPS) is 19.5. The number of benzene rings is 2. The minimum absolute atomic E-state index is 0.00558. The number of hydrogen-bond donors (Lipinski definition) is 1. The summed E-state index contributed by atoms with van der Waals surface area (Å²) in [4.78, 5) is 28.8. The number of methoxy groups -OCH3 is 3. The lowest BCUT2D eigenvalue weighted by atomic mass is 9.71. The molecule has 0 saturated heterocycles. The van der Waals surface area contributed by atoms with Crippen LogP contribution < -0.4 is 19.7 Å². The summed E-state index contributed by atoms with van der Waals surface area (Å²) in [6.45, 7) is 1.84.